The predicted molar refractivity (Wildman–Crippen MR) is 97.7 cm³/mol. The second kappa shape index (κ2) is 6.62. The first kappa shape index (κ1) is 16.5. The number of sulfonamides is 1. The van der Waals surface area contributed by atoms with Crippen LogP contribution in [0.4, 0.5) is 0 Å². The van der Waals surface area contributed by atoms with Crippen molar-refractivity contribution >= 4 is 42.9 Å². The van der Waals surface area contributed by atoms with Crippen LogP contribution in [0.1, 0.15) is 5.56 Å². The highest BCUT2D eigenvalue weighted by Gasteiger charge is 2.12. The van der Waals surface area contributed by atoms with Crippen molar-refractivity contribution in [2.75, 3.05) is 0 Å². The van der Waals surface area contributed by atoms with E-state index in [0.717, 1.165) is 15.2 Å². The zero-order valence-corrected chi connectivity index (χ0v) is 14.8. The van der Waals surface area contributed by atoms with Crippen molar-refractivity contribution < 1.29 is 13.5 Å². The number of hydrazone groups is 1. The molecule has 24 heavy (non-hydrogen) atoms. The number of aromatic hydroxyl groups is 1. The Balaban J connectivity index is 1.89. The topological polar surface area (TPSA) is 78.8 Å². The third-order valence-electron chi connectivity index (χ3n) is 3.44. The maximum absolute atomic E-state index is 12.2. The molecule has 0 aliphatic heterocycles. The summed E-state index contributed by atoms with van der Waals surface area (Å²) in [5.41, 5.74) is 0.451. The first-order valence-corrected chi connectivity index (χ1v) is 9.26. The van der Waals surface area contributed by atoms with Gasteiger partial charge in [0.2, 0.25) is 0 Å². The Morgan fingerprint density at radius 2 is 1.71 bits per heavy atom. The Morgan fingerprint density at radius 3 is 2.46 bits per heavy atom. The first-order chi connectivity index (χ1) is 11.5. The minimum absolute atomic E-state index is 0.0280. The molecule has 3 rings (SSSR count). The van der Waals surface area contributed by atoms with Gasteiger partial charge in [-0.2, -0.15) is 13.5 Å². The number of benzene rings is 3. The van der Waals surface area contributed by atoms with Crippen LogP contribution >= 0.6 is 15.9 Å². The van der Waals surface area contributed by atoms with Crippen molar-refractivity contribution in [2.45, 2.75) is 4.90 Å². The van der Waals surface area contributed by atoms with E-state index in [-0.39, 0.29) is 10.6 Å². The highest BCUT2D eigenvalue weighted by Crippen LogP contribution is 2.25. The molecule has 0 saturated heterocycles. The fourth-order valence-corrected chi connectivity index (χ4v) is 3.30. The molecule has 0 aliphatic carbocycles. The van der Waals surface area contributed by atoms with E-state index in [9.17, 15) is 13.5 Å². The van der Waals surface area contributed by atoms with Gasteiger partial charge in [0.15, 0.2) is 0 Å². The summed E-state index contributed by atoms with van der Waals surface area (Å²) in [6.45, 7) is 0. The molecule has 2 N–H and O–H groups in total. The quantitative estimate of drug-likeness (QED) is 0.514. The maximum atomic E-state index is 12.2. The van der Waals surface area contributed by atoms with Gasteiger partial charge >= 0.3 is 0 Å². The van der Waals surface area contributed by atoms with Crippen LogP contribution in [0.5, 0.6) is 5.75 Å². The molecule has 0 aromatic heterocycles. The predicted octanol–water partition coefficient (Wildman–Crippen LogP) is 3.62. The molecule has 0 saturated carbocycles. The van der Waals surface area contributed by atoms with Gasteiger partial charge in [-0.25, -0.2) is 4.83 Å². The molecule has 3 aromatic carbocycles. The van der Waals surface area contributed by atoms with Crippen LogP contribution in [0.2, 0.25) is 0 Å². The van der Waals surface area contributed by atoms with E-state index in [2.05, 4.69) is 25.9 Å². The van der Waals surface area contributed by atoms with Gasteiger partial charge in [0.1, 0.15) is 5.75 Å². The molecule has 122 valence electrons. The third kappa shape index (κ3) is 3.42. The summed E-state index contributed by atoms with van der Waals surface area (Å²) in [5, 5.41) is 15.5. The second-order valence-electron chi connectivity index (χ2n) is 5.03. The van der Waals surface area contributed by atoms with Crippen LogP contribution < -0.4 is 4.83 Å². The zero-order chi connectivity index (χ0) is 17.2. The number of hydrogen-bond donors (Lipinski definition) is 2. The second-order valence-corrected chi connectivity index (χ2v) is 7.60. The third-order valence-corrected chi connectivity index (χ3v) is 5.21. The average Bonchev–Trinajstić information content (AvgIpc) is 2.57. The standard InChI is InChI=1S/C17H13BrN2O3S/c18-13-6-8-14(9-7-13)24(22,23)20-19-11-16-15-4-2-1-3-12(15)5-10-17(16)21/h1-11,20-21H/b19-11-. The van der Waals surface area contributed by atoms with E-state index in [4.69, 9.17) is 0 Å². The Hall–Kier alpha value is -2.38. The van der Waals surface area contributed by atoms with Gasteiger partial charge in [0.25, 0.3) is 10.0 Å². The summed E-state index contributed by atoms with van der Waals surface area (Å²) in [4.78, 5) is 2.25. The van der Waals surface area contributed by atoms with E-state index in [1.807, 2.05) is 24.3 Å². The number of phenols is 1. The van der Waals surface area contributed by atoms with Crippen molar-refractivity contribution in [1.29, 1.82) is 0 Å². The molecule has 0 aliphatic rings. The molecule has 0 bridgehead atoms. The largest absolute Gasteiger partial charge is 0.507 e. The highest BCUT2D eigenvalue weighted by atomic mass is 79.9. The molecular formula is C17H13BrN2O3S. The normalized spacial score (nSPS) is 11.9. The number of halogens is 1. The molecule has 0 unspecified atom stereocenters. The van der Waals surface area contributed by atoms with Gasteiger partial charge < -0.3 is 5.11 Å². The van der Waals surface area contributed by atoms with Crippen LogP contribution in [0.15, 0.2) is 75.1 Å². The Morgan fingerprint density at radius 1 is 1.00 bits per heavy atom. The SMILES string of the molecule is O=S(=O)(N/N=C\c1c(O)ccc2ccccc12)c1ccc(Br)cc1. The molecule has 7 heteroatoms. The minimum atomic E-state index is -3.76. The Kier molecular flexibility index (Phi) is 4.55. The van der Waals surface area contributed by atoms with Gasteiger partial charge in [-0.15, -0.1) is 0 Å². The van der Waals surface area contributed by atoms with Crippen LogP contribution in [0.3, 0.4) is 0 Å². The van der Waals surface area contributed by atoms with Crippen LogP contribution in [-0.2, 0) is 10.0 Å². The summed E-state index contributed by atoms with van der Waals surface area (Å²) >= 11 is 3.25. The Labute approximate surface area is 147 Å². The summed E-state index contributed by atoms with van der Waals surface area (Å²) in [5.74, 6) is 0.0280. The van der Waals surface area contributed by atoms with E-state index in [0.29, 0.717) is 5.56 Å². The summed E-state index contributed by atoms with van der Waals surface area (Å²) in [6.07, 6.45) is 1.30. The van der Waals surface area contributed by atoms with Gasteiger partial charge in [-0.05, 0) is 41.1 Å². The maximum Gasteiger partial charge on any atom is 0.276 e. The van der Waals surface area contributed by atoms with Crippen LogP contribution in [0, 0.1) is 0 Å². The van der Waals surface area contributed by atoms with Gasteiger partial charge in [0, 0.05) is 10.0 Å². The molecule has 0 amide bonds. The number of hydrogen-bond acceptors (Lipinski definition) is 4. The molecular weight excluding hydrogens is 392 g/mol. The molecule has 0 atom stereocenters. The summed E-state index contributed by atoms with van der Waals surface area (Å²) in [7, 11) is -3.76. The van der Waals surface area contributed by atoms with Crippen molar-refractivity contribution in [2.24, 2.45) is 5.10 Å². The van der Waals surface area contributed by atoms with E-state index < -0.39 is 10.0 Å². The fourth-order valence-electron chi connectivity index (χ4n) is 2.25. The molecule has 0 heterocycles. The lowest BCUT2D eigenvalue weighted by Crippen LogP contribution is -2.18. The smallest absolute Gasteiger partial charge is 0.276 e. The number of nitrogens with one attached hydrogen (secondary N) is 1. The van der Waals surface area contributed by atoms with Crippen molar-refractivity contribution in [1.82, 2.24) is 4.83 Å². The number of nitrogens with zero attached hydrogens (tertiary/aromatic N) is 1. The minimum Gasteiger partial charge on any atom is -0.507 e. The lowest BCUT2D eigenvalue weighted by molar-refractivity contribution is 0.475. The number of fused-ring (bicyclic) bond motifs is 1. The number of phenolic OH excluding ortho intramolecular Hbond substituents is 1. The molecule has 3 aromatic rings. The van der Waals surface area contributed by atoms with E-state index in [1.165, 1.54) is 18.3 Å². The lowest BCUT2D eigenvalue weighted by atomic mass is 10.0. The van der Waals surface area contributed by atoms with Crippen LogP contribution in [-0.4, -0.2) is 19.7 Å². The van der Waals surface area contributed by atoms with Crippen LogP contribution in [0.25, 0.3) is 10.8 Å². The average molecular weight is 405 g/mol. The van der Waals surface area contributed by atoms with Crippen molar-refractivity contribution in [3.63, 3.8) is 0 Å². The summed E-state index contributed by atoms with van der Waals surface area (Å²) in [6, 6.07) is 17.0. The van der Waals surface area contributed by atoms with E-state index >= 15 is 0 Å². The zero-order valence-electron chi connectivity index (χ0n) is 12.3. The molecule has 5 nitrogen and oxygen atoms in total. The van der Waals surface area contributed by atoms with Gasteiger partial charge in [-0.3, -0.25) is 0 Å². The van der Waals surface area contributed by atoms with Gasteiger partial charge in [0.05, 0.1) is 11.1 Å². The number of rotatable bonds is 4. The lowest BCUT2D eigenvalue weighted by Gasteiger charge is -2.06. The van der Waals surface area contributed by atoms with Gasteiger partial charge in [-0.1, -0.05) is 46.3 Å². The summed E-state index contributed by atoms with van der Waals surface area (Å²) < 4.78 is 25.1. The molecule has 0 radical (unpaired) electrons. The Bertz CT molecular complexity index is 1020. The van der Waals surface area contributed by atoms with E-state index in [1.54, 1.807) is 24.3 Å². The monoisotopic (exact) mass is 404 g/mol. The molecule has 0 fully saturated rings. The van der Waals surface area contributed by atoms with Crippen molar-refractivity contribution in [3.8, 4) is 5.75 Å². The highest BCUT2D eigenvalue weighted by molar-refractivity contribution is 9.10. The first-order valence-electron chi connectivity index (χ1n) is 6.98. The van der Waals surface area contributed by atoms with Crippen molar-refractivity contribution in [3.05, 3.63) is 70.7 Å². The fraction of sp³-hybridized carbons (Fsp3) is 0. The molecule has 0 spiro atoms.